The molecule has 0 saturated carbocycles. The average Bonchev–Trinajstić information content (AvgIpc) is 2.74. The maximum atomic E-state index is 11.3. The van der Waals surface area contributed by atoms with Crippen LogP contribution in [0.25, 0.3) is 0 Å². The Kier molecular flexibility index (Phi) is 10.4. The molecule has 5 heteroatoms. The van der Waals surface area contributed by atoms with Gasteiger partial charge in [-0.1, -0.05) is 76.1 Å². The lowest BCUT2D eigenvalue weighted by Crippen LogP contribution is -2.01. The number of ether oxygens (including phenoxy) is 1. The number of nitrogens with zero attached hydrogens (tertiary/aromatic N) is 2. The quantitative estimate of drug-likeness (QED) is 0.151. The van der Waals surface area contributed by atoms with Gasteiger partial charge in [0.15, 0.2) is 12.0 Å². The minimum absolute atomic E-state index is 0.303. The zero-order valence-corrected chi connectivity index (χ0v) is 16.7. The molecule has 150 valence electrons. The van der Waals surface area contributed by atoms with Crippen molar-refractivity contribution in [1.29, 1.82) is 0 Å². The molecule has 0 heterocycles. The first-order chi connectivity index (χ1) is 13.8. The van der Waals surface area contributed by atoms with Crippen molar-refractivity contribution in [1.82, 2.24) is 0 Å². The predicted molar refractivity (Wildman–Crippen MR) is 112 cm³/mol. The lowest BCUT2D eigenvalue weighted by Gasteiger charge is -2.10. The third-order valence-corrected chi connectivity index (χ3v) is 4.44. The van der Waals surface area contributed by atoms with E-state index in [-0.39, 0.29) is 0 Å². The van der Waals surface area contributed by atoms with Crippen molar-refractivity contribution in [2.45, 2.75) is 58.3 Å². The molecule has 0 amide bonds. The van der Waals surface area contributed by atoms with Crippen LogP contribution in [0.3, 0.4) is 0 Å². The van der Waals surface area contributed by atoms with Crippen molar-refractivity contribution in [2.75, 3.05) is 6.61 Å². The highest BCUT2D eigenvalue weighted by Gasteiger charge is 2.11. The normalized spacial score (nSPS) is 10.9. The molecule has 0 unspecified atom stereocenters. The lowest BCUT2D eigenvalue weighted by atomic mass is 10.1. The zero-order valence-electron chi connectivity index (χ0n) is 16.7. The van der Waals surface area contributed by atoms with Crippen LogP contribution in [-0.2, 0) is 0 Å². The molecule has 2 aromatic carbocycles. The lowest BCUT2D eigenvalue weighted by molar-refractivity contribution is 0.111. The molecular formula is C23H30N2O3. The van der Waals surface area contributed by atoms with E-state index in [1.807, 2.05) is 30.3 Å². The maximum absolute atomic E-state index is 11.3. The van der Waals surface area contributed by atoms with Gasteiger partial charge in [0, 0.05) is 5.28 Å². The number of carbonyl (C=O) groups excluding carboxylic acids is 1. The van der Waals surface area contributed by atoms with Gasteiger partial charge in [0.05, 0.1) is 17.9 Å². The van der Waals surface area contributed by atoms with Crippen LogP contribution < -0.4 is 9.57 Å². The van der Waals surface area contributed by atoms with Crippen LogP contribution in [0.5, 0.6) is 11.5 Å². The Balaban J connectivity index is 1.81. The smallest absolute Gasteiger partial charge is 0.212 e. The number of unbranched alkanes of at least 4 members (excludes halogenated alkanes) is 7. The molecular weight excluding hydrogens is 352 g/mol. The van der Waals surface area contributed by atoms with Gasteiger partial charge in [-0.05, 0) is 30.7 Å². The third-order valence-electron chi connectivity index (χ3n) is 4.44. The Bertz CT molecular complexity index is 717. The molecule has 0 aromatic heterocycles. The van der Waals surface area contributed by atoms with Gasteiger partial charge in [0.2, 0.25) is 5.75 Å². The summed E-state index contributed by atoms with van der Waals surface area (Å²) in [5, 5.41) is 7.76. The standard InChI is InChI=1S/C23H30N2O3/c1-2-3-4-5-6-7-8-12-18-27-22-17-13-14-20(19-26)23(22)28-25-24-21-15-10-9-11-16-21/h9-11,13-17,19H,2-8,12,18H2,1H3. The van der Waals surface area contributed by atoms with E-state index in [4.69, 9.17) is 9.57 Å². The molecule has 5 nitrogen and oxygen atoms in total. The second kappa shape index (κ2) is 13.5. The molecule has 28 heavy (non-hydrogen) atoms. The summed E-state index contributed by atoms with van der Waals surface area (Å²) in [6.45, 7) is 2.82. The van der Waals surface area contributed by atoms with Gasteiger partial charge < -0.3 is 9.57 Å². The number of hydrogen-bond acceptors (Lipinski definition) is 5. The van der Waals surface area contributed by atoms with Gasteiger partial charge in [0.25, 0.3) is 0 Å². The monoisotopic (exact) mass is 382 g/mol. The van der Waals surface area contributed by atoms with Crippen LogP contribution >= 0.6 is 0 Å². The summed E-state index contributed by atoms with van der Waals surface area (Å²) in [7, 11) is 0. The van der Waals surface area contributed by atoms with E-state index in [1.165, 1.54) is 38.5 Å². The van der Waals surface area contributed by atoms with Crippen LogP contribution in [0.1, 0.15) is 68.6 Å². The molecule has 0 atom stereocenters. The zero-order chi connectivity index (χ0) is 19.9. The van der Waals surface area contributed by atoms with Crippen molar-refractivity contribution in [2.24, 2.45) is 10.4 Å². The number of rotatable bonds is 14. The largest absolute Gasteiger partial charge is 0.490 e. The van der Waals surface area contributed by atoms with E-state index in [1.54, 1.807) is 18.2 Å². The summed E-state index contributed by atoms with van der Waals surface area (Å²) >= 11 is 0. The summed E-state index contributed by atoms with van der Waals surface area (Å²) in [4.78, 5) is 16.7. The van der Waals surface area contributed by atoms with Gasteiger partial charge in [-0.25, -0.2) is 0 Å². The van der Waals surface area contributed by atoms with E-state index < -0.39 is 0 Å². The highest BCUT2D eigenvalue weighted by Crippen LogP contribution is 2.31. The van der Waals surface area contributed by atoms with Crippen molar-refractivity contribution in [3.8, 4) is 11.5 Å². The summed E-state index contributed by atoms with van der Waals surface area (Å²) in [5.74, 6) is 0.816. The molecule has 2 aromatic rings. The molecule has 2 rings (SSSR count). The SMILES string of the molecule is CCCCCCCCCCOc1cccc(C=O)c1ON=Nc1ccccc1. The fourth-order valence-electron chi connectivity index (χ4n) is 2.86. The molecule has 0 radical (unpaired) electrons. The Morgan fingerprint density at radius 2 is 1.57 bits per heavy atom. The van der Waals surface area contributed by atoms with Crippen LogP contribution in [0.15, 0.2) is 58.9 Å². The van der Waals surface area contributed by atoms with Crippen molar-refractivity contribution < 1.29 is 14.4 Å². The minimum atomic E-state index is 0.303. The van der Waals surface area contributed by atoms with Gasteiger partial charge in [-0.15, -0.1) is 5.11 Å². The van der Waals surface area contributed by atoms with Gasteiger partial charge in [-0.2, -0.15) is 0 Å². The topological polar surface area (TPSA) is 60.2 Å². The van der Waals surface area contributed by atoms with Crippen molar-refractivity contribution in [3.05, 3.63) is 54.1 Å². The molecule has 0 fully saturated rings. The van der Waals surface area contributed by atoms with Crippen molar-refractivity contribution in [3.63, 3.8) is 0 Å². The van der Waals surface area contributed by atoms with E-state index >= 15 is 0 Å². The summed E-state index contributed by atoms with van der Waals surface area (Å²) in [6, 6.07) is 14.5. The molecule has 0 N–H and O–H groups in total. The number of hydrogen-bond donors (Lipinski definition) is 0. The first-order valence-corrected chi connectivity index (χ1v) is 10.2. The Labute approximate surface area is 167 Å². The maximum Gasteiger partial charge on any atom is 0.212 e. The van der Waals surface area contributed by atoms with E-state index in [0.717, 1.165) is 19.1 Å². The fourth-order valence-corrected chi connectivity index (χ4v) is 2.86. The van der Waals surface area contributed by atoms with Crippen LogP contribution in [-0.4, -0.2) is 12.9 Å². The van der Waals surface area contributed by atoms with Gasteiger partial charge in [0.1, 0.15) is 0 Å². The Morgan fingerprint density at radius 1 is 0.857 bits per heavy atom. The highest BCUT2D eigenvalue weighted by atomic mass is 16.7. The van der Waals surface area contributed by atoms with Gasteiger partial charge >= 0.3 is 0 Å². The van der Waals surface area contributed by atoms with E-state index in [9.17, 15) is 4.79 Å². The van der Waals surface area contributed by atoms with Crippen LogP contribution in [0.2, 0.25) is 0 Å². The first-order valence-electron chi connectivity index (χ1n) is 10.2. The Hall–Kier alpha value is -2.69. The Morgan fingerprint density at radius 3 is 2.29 bits per heavy atom. The molecule has 0 bridgehead atoms. The number of carbonyl (C=O) groups is 1. The molecule has 0 aliphatic heterocycles. The summed E-state index contributed by atoms with van der Waals surface area (Å²) in [6.07, 6.45) is 10.6. The van der Waals surface area contributed by atoms with E-state index in [0.29, 0.717) is 29.4 Å². The van der Waals surface area contributed by atoms with Crippen LogP contribution in [0, 0.1) is 0 Å². The molecule has 0 spiro atoms. The third kappa shape index (κ3) is 7.91. The second-order valence-corrected chi connectivity index (χ2v) is 6.72. The average molecular weight is 383 g/mol. The first kappa shape index (κ1) is 21.6. The predicted octanol–water partition coefficient (Wildman–Crippen LogP) is 7.10. The van der Waals surface area contributed by atoms with Crippen LogP contribution in [0.4, 0.5) is 5.69 Å². The van der Waals surface area contributed by atoms with Crippen molar-refractivity contribution >= 4 is 12.0 Å². The number of para-hydroxylation sites is 1. The summed E-state index contributed by atoms with van der Waals surface area (Å²) < 4.78 is 5.84. The second-order valence-electron chi connectivity index (χ2n) is 6.72. The van der Waals surface area contributed by atoms with Gasteiger partial charge in [-0.3, -0.25) is 4.79 Å². The number of benzene rings is 2. The minimum Gasteiger partial charge on any atom is -0.490 e. The molecule has 0 aliphatic carbocycles. The molecule has 0 aliphatic rings. The molecule has 0 saturated heterocycles. The fraction of sp³-hybridized carbons (Fsp3) is 0.435. The van der Waals surface area contributed by atoms with E-state index in [2.05, 4.69) is 17.3 Å². The summed E-state index contributed by atoms with van der Waals surface area (Å²) in [5.41, 5.74) is 1.06. The highest BCUT2D eigenvalue weighted by molar-refractivity contribution is 5.81. The number of aldehydes is 1.